The van der Waals surface area contributed by atoms with Crippen molar-refractivity contribution >= 4 is 110 Å². The predicted molar refractivity (Wildman–Crippen MR) is 242 cm³/mol. The second-order valence-corrected chi connectivity index (χ2v) is 21.2. The summed E-state index contributed by atoms with van der Waals surface area (Å²) in [5, 5.41) is 1.44. The zero-order chi connectivity index (χ0) is 42.8. The van der Waals surface area contributed by atoms with Crippen LogP contribution in [0.4, 0.5) is 17.6 Å². The molecule has 63 heavy (non-hydrogen) atoms. The molecule has 2 fully saturated rings. The Bertz CT molecular complexity index is 3180. The molecule has 0 amide bonds. The first kappa shape index (κ1) is 37.9. The van der Waals surface area contributed by atoms with Gasteiger partial charge >= 0.3 is 0 Å². The number of thiophene rings is 3. The highest BCUT2D eigenvalue weighted by atomic mass is 32.1. The first-order valence-corrected chi connectivity index (χ1v) is 23.8. The van der Waals surface area contributed by atoms with Crippen molar-refractivity contribution in [3.8, 4) is 0 Å². The van der Waals surface area contributed by atoms with Crippen LogP contribution in [0.25, 0.3) is 52.5 Å². The maximum atomic E-state index is 14.2. The Hall–Kier alpha value is -5.62. The minimum Gasteiger partial charge on any atom is -0.288 e. The molecule has 2 saturated carbocycles. The normalized spacial score (nSPS) is 19.6. The summed E-state index contributed by atoms with van der Waals surface area (Å²) in [6.07, 6.45) is 17.7. The molecule has 0 atom stereocenters. The lowest BCUT2D eigenvalue weighted by molar-refractivity contribution is 0.0973. The number of rotatable bonds is 2. The average molecular weight is 893 g/mol. The third-order valence-corrected chi connectivity index (χ3v) is 18.8. The summed E-state index contributed by atoms with van der Waals surface area (Å²) in [6, 6.07) is 10.2. The summed E-state index contributed by atoms with van der Waals surface area (Å²) >= 11 is 5.35. The van der Waals surface area contributed by atoms with Gasteiger partial charge in [-0.05, 0) is 142 Å². The van der Waals surface area contributed by atoms with E-state index in [0.29, 0.717) is 21.5 Å². The molecule has 7 aromatic rings. The molecule has 2 spiro atoms. The van der Waals surface area contributed by atoms with E-state index in [2.05, 4.69) is 12.2 Å². The van der Waals surface area contributed by atoms with E-state index in [1.165, 1.54) is 54.2 Å². The zero-order valence-electron chi connectivity index (χ0n) is 33.4. The molecule has 0 unspecified atom stereocenters. The average Bonchev–Trinajstić information content (AvgIpc) is 4.10. The van der Waals surface area contributed by atoms with Gasteiger partial charge in [-0.25, -0.2) is 17.6 Å². The fourth-order valence-electron chi connectivity index (χ4n) is 11.9. The monoisotopic (exact) mass is 892 g/mol. The van der Waals surface area contributed by atoms with E-state index in [1.54, 1.807) is 34.8 Å². The molecule has 11 heteroatoms. The van der Waals surface area contributed by atoms with E-state index in [4.69, 9.17) is 0 Å². The third kappa shape index (κ3) is 5.01. The minimum atomic E-state index is -1.01. The number of benzene rings is 4. The fraction of sp³-hybridized carbons (Fsp3) is 0.231. The molecule has 3 aromatic heterocycles. The second kappa shape index (κ2) is 13.0. The van der Waals surface area contributed by atoms with Gasteiger partial charge in [0.05, 0.1) is 29.9 Å². The largest absolute Gasteiger partial charge is 0.288 e. The van der Waals surface area contributed by atoms with Crippen molar-refractivity contribution in [3.05, 3.63) is 149 Å². The Morgan fingerprint density at radius 1 is 0.413 bits per heavy atom. The van der Waals surface area contributed by atoms with Gasteiger partial charge in [0.1, 0.15) is 0 Å². The maximum Gasteiger partial charge on any atom is 0.197 e. The quantitative estimate of drug-likeness (QED) is 0.0985. The van der Waals surface area contributed by atoms with Gasteiger partial charge in [-0.1, -0.05) is 38.5 Å². The van der Waals surface area contributed by atoms with Crippen LogP contribution in [0, 0.1) is 23.3 Å². The van der Waals surface area contributed by atoms with Crippen LogP contribution in [0.5, 0.6) is 0 Å². The van der Waals surface area contributed by atoms with Crippen LogP contribution in [0.1, 0.15) is 127 Å². The van der Waals surface area contributed by atoms with Gasteiger partial charge in [0, 0.05) is 42.8 Å². The standard InChI is InChI=1S/C52H32F4O4S3/c53-35-15-23-11-29-30(12-24(23)16-36(35)54)44(58)33(43(29)57)19-27-21-39-41(51(27)7-3-1-4-8-51)47-49(61-39)50-48(63-47)42-40(62-50)22-28(52(42)9-5-2-6-10-52)20-34-45(59)31-13-25-17-37(55)38(56)18-26(25)14-32(31)46(34)60/h11-22H,1-10H2. The summed E-state index contributed by atoms with van der Waals surface area (Å²) < 4.78 is 61.6. The molecule has 0 aliphatic heterocycles. The molecule has 6 aliphatic carbocycles. The number of hydrogen-bond donors (Lipinski definition) is 0. The number of ketones is 4. The number of hydrogen-bond acceptors (Lipinski definition) is 7. The molecule has 3 heterocycles. The molecule has 0 N–H and O–H groups in total. The fourth-order valence-corrected chi connectivity index (χ4v) is 16.7. The molecule has 0 bridgehead atoms. The van der Waals surface area contributed by atoms with Crippen LogP contribution >= 0.6 is 34.0 Å². The Kier molecular flexibility index (Phi) is 7.81. The zero-order valence-corrected chi connectivity index (χ0v) is 35.8. The van der Waals surface area contributed by atoms with Crippen LogP contribution < -0.4 is 0 Å². The Balaban J connectivity index is 0.908. The maximum absolute atomic E-state index is 14.2. The highest BCUT2D eigenvalue weighted by molar-refractivity contribution is 7.39. The van der Waals surface area contributed by atoms with Crippen LogP contribution in [0.15, 0.2) is 83.0 Å². The number of Topliss-reactive ketones (excluding diaryl/α,β-unsaturated/α-hetero) is 4. The van der Waals surface area contributed by atoms with E-state index in [0.717, 1.165) is 109 Å². The first-order valence-electron chi connectivity index (χ1n) is 21.4. The molecule has 310 valence electrons. The molecular weight excluding hydrogens is 861 g/mol. The highest BCUT2D eigenvalue weighted by Gasteiger charge is 2.49. The van der Waals surface area contributed by atoms with Gasteiger partial charge in [-0.3, -0.25) is 19.2 Å². The molecule has 6 aliphatic rings. The molecular formula is C52H32F4O4S3. The van der Waals surface area contributed by atoms with Crippen molar-refractivity contribution in [2.45, 2.75) is 75.0 Å². The van der Waals surface area contributed by atoms with Gasteiger partial charge in [0.2, 0.25) is 0 Å². The lowest BCUT2D eigenvalue weighted by atomic mass is 9.67. The van der Waals surface area contributed by atoms with Crippen molar-refractivity contribution in [2.24, 2.45) is 0 Å². The number of carbonyl (C=O) groups excluding carboxylic acids is 4. The Morgan fingerprint density at radius 3 is 1.05 bits per heavy atom. The molecule has 0 saturated heterocycles. The lowest BCUT2D eigenvalue weighted by Gasteiger charge is -2.37. The van der Waals surface area contributed by atoms with E-state index in [-0.39, 0.29) is 44.2 Å². The van der Waals surface area contributed by atoms with E-state index >= 15 is 0 Å². The van der Waals surface area contributed by atoms with Gasteiger partial charge in [-0.2, -0.15) is 0 Å². The van der Waals surface area contributed by atoms with Crippen LogP contribution in [0.3, 0.4) is 0 Å². The second-order valence-electron chi connectivity index (χ2n) is 18.0. The summed E-state index contributed by atoms with van der Waals surface area (Å²) in [4.78, 5) is 58.2. The number of allylic oxidation sites excluding steroid dienone is 6. The topological polar surface area (TPSA) is 68.3 Å². The van der Waals surface area contributed by atoms with Crippen LogP contribution in [0.2, 0.25) is 0 Å². The number of carbonyl (C=O) groups is 4. The smallest absolute Gasteiger partial charge is 0.197 e. The van der Waals surface area contributed by atoms with Crippen molar-refractivity contribution in [1.82, 2.24) is 0 Å². The van der Waals surface area contributed by atoms with Crippen molar-refractivity contribution in [1.29, 1.82) is 0 Å². The van der Waals surface area contributed by atoms with Crippen molar-refractivity contribution < 1.29 is 36.7 Å². The van der Waals surface area contributed by atoms with E-state index in [1.807, 2.05) is 11.3 Å². The summed E-state index contributed by atoms with van der Waals surface area (Å²) in [5.74, 6) is -5.65. The lowest BCUT2D eigenvalue weighted by Crippen LogP contribution is -2.29. The summed E-state index contributed by atoms with van der Waals surface area (Å²) in [7, 11) is 0. The third-order valence-electron chi connectivity index (χ3n) is 14.8. The van der Waals surface area contributed by atoms with Crippen LogP contribution in [-0.2, 0) is 10.8 Å². The molecule has 0 radical (unpaired) electrons. The minimum absolute atomic E-state index is 0.0826. The van der Waals surface area contributed by atoms with Gasteiger partial charge in [-0.15, -0.1) is 34.0 Å². The summed E-state index contributed by atoms with van der Waals surface area (Å²) in [6.45, 7) is 0. The molecule has 13 rings (SSSR count). The predicted octanol–water partition coefficient (Wildman–Crippen LogP) is 14.2. The number of halogens is 4. The molecule has 4 aromatic carbocycles. The van der Waals surface area contributed by atoms with E-state index < -0.39 is 46.4 Å². The van der Waals surface area contributed by atoms with Gasteiger partial charge in [0.15, 0.2) is 46.4 Å². The highest BCUT2D eigenvalue weighted by Crippen LogP contribution is 2.64. The van der Waals surface area contributed by atoms with Crippen molar-refractivity contribution in [3.63, 3.8) is 0 Å². The Morgan fingerprint density at radius 2 is 0.730 bits per heavy atom. The summed E-state index contributed by atoms with van der Waals surface area (Å²) in [5.41, 5.74) is 4.73. The first-order chi connectivity index (χ1) is 30.4. The van der Waals surface area contributed by atoms with Crippen molar-refractivity contribution in [2.75, 3.05) is 0 Å². The molecule has 4 nitrogen and oxygen atoms in total. The number of fused-ring (bicyclic) bond motifs is 13. The van der Waals surface area contributed by atoms with Gasteiger partial charge < -0.3 is 0 Å². The van der Waals surface area contributed by atoms with Crippen LogP contribution in [-0.4, -0.2) is 23.1 Å². The van der Waals surface area contributed by atoms with E-state index in [9.17, 15) is 36.7 Å². The SMILES string of the molecule is O=C1C(=CC2=Cc3sc4c(sc5c6c(sc54)C=C(C=C4C(=O)c5cc7cc(F)c(F)cc7cc5C4=O)C64CCCCC4)c3C23CCCCC3)C(=O)c2cc3cc(F)c(F)cc3cc21. The van der Waals surface area contributed by atoms with Gasteiger partial charge in [0.25, 0.3) is 0 Å². The Labute approximate surface area is 368 Å².